The van der Waals surface area contributed by atoms with Crippen LogP contribution in [0.5, 0.6) is 11.5 Å². The maximum Gasteiger partial charge on any atom is 0.200 e. The monoisotopic (exact) mass is 353 g/mol. The average molecular weight is 353 g/mol. The molecule has 0 bridgehead atoms. The number of hydrogen-bond acceptors (Lipinski definition) is 6. The lowest BCUT2D eigenvalue weighted by Crippen LogP contribution is -2.58. The quantitative estimate of drug-likeness (QED) is 0.829. The molecule has 1 aromatic carbocycles. The van der Waals surface area contributed by atoms with Gasteiger partial charge in [-0.2, -0.15) is 5.10 Å². The molecule has 0 amide bonds. The minimum absolute atomic E-state index is 0.150. The standard InChI is InChI=1S/C20H23N3O3/c1-22-10-8-20(9-11-22)23-16(13-15(21-23)17-7-4-12-25-17)14-5-3-6-18(24-2)19(14)26-20/h3-7,12,16H,8-11,13H2,1-2H3. The summed E-state index contributed by atoms with van der Waals surface area (Å²) in [4.78, 5) is 2.34. The summed E-state index contributed by atoms with van der Waals surface area (Å²) in [6.07, 6.45) is 4.33. The lowest BCUT2D eigenvalue weighted by Gasteiger charge is -2.50. The topological polar surface area (TPSA) is 50.4 Å². The second kappa shape index (κ2) is 5.77. The Balaban J connectivity index is 1.62. The van der Waals surface area contributed by atoms with Gasteiger partial charge < -0.3 is 18.8 Å². The van der Waals surface area contributed by atoms with Crippen molar-refractivity contribution in [2.45, 2.75) is 31.0 Å². The van der Waals surface area contributed by atoms with E-state index >= 15 is 0 Å². The van der Waals surface area contributed by atoms with Crippen molar-refractivity contribution in [3.8, 4) is 11.5 Å². The fraction of sp³-hybridized carbons (Fsp3) is 0.450. The highest BCUT2D eigenvalue weighted by atomic mass is 16.5. The highest BCUT2D eigenvalue weighted by molar-refractivity contribution is 5.99. The molecule has 1 aromatic heterocycles. The fourth-order valence-electron chi connectivity index (χ4n) is 4.32. The first kappa shape index (κ1) is 15.8. The van der Waals surface area contributed by atoms with Gasteiger partial charge in [0.2, 0.25) is 5.72 Å². The first-order chi connectivity index (χ1) is 12.7. The number of benzene rings is 1. The maximum absolute atomic E-state index is 6.65. The molecule has 3 aliphatic rings. The van der Waals surface area contributed by atoms with Crippen LogP contribution in [0.15, 0.2) is 46.1 Å². The summed E-state index contributed by atoms with van der Waals surface area (Å²) in [7, 11) is 3.86. The minimum atomic E-state index is -0.423. The van der Waals surface area contributed by atoms with Gasteiger partial charge in [0.25, 0.3) is 0 Å². The average Bonchev–Trinajstić information content (AvgIpc) is 3.34. The molecule has 1 atom stereocenters. The summed E-state index contributed by atoms with van der Waals surface area (Å²) in [6, 6.07) is 10.2. The lowest BCUT2D eigenvalue weighted by atomic mass is 9.91. The van der Waals surface area contributed by atoms with Crippen LogP contribution in [0.3, 0.4) is 0 Å². The van der Waals surface area contributed by atoms with E-state index in [2.05, 4.69) is 23.0 Å². The number of para-hydroxylation sites is 1. The molecule has 1 spiro atoms. The van der Waals surface area contributed by atoms with Crippen LogP contribution in [0.4, 0.5) is 0 Å². The molecular formula is C20H23N3O3. The van der Waals surface area contributed by atoms with Gasteiger partial charge in [-0.1, -0.05) is 12.1 Å². The van der Waals surface area contributed by atoms with E-state index in [1.54, 1.807) is 13.4 Å². The van der Waals surface area contributed by atoms with Crippen LogP contribution < -0.4 is 9.47 Å². The van der Waals surface area contributed by atoms with E-state index in [1.165, 1.54) is 0 Å². The molecule has 1 unspecified atom stereocenters. The van der Waals surface area contributed by atoms with Crippen LogP contribution in [-0.2, 0) is 0 Å². The van der Waals surface area contributed by atoms with Gasteiger partial charge in [0.1, 0.15) is 11.5 Å². The number of fused-ring (bicyclic) bond motifs is 4. The van der Waals surface area contributed by atoms with Crippen molar-refractivity contribution in [3.05, 3.63) is 47.9 Å². The third kappa shape index (κ3) is 2.25. The van der Waals surface area contributed by atoms with Gasteiger partial charge in [0, 0.05) is 37.9 Å². The number of hydrogen-bond donors (Lipinski definition) is 0. The molecule has 0 saturated carbocycles. The largest absolute Gasteiger partial charge is 0.493 e. The van der Waals surface area contributed by atoms with E-state index in [4.69, 9.17) is 19.0 Å². The fourth-order valence-corrected chi connectivity index (χ4v) is 4.32. The van der Waals surface area contributed by atoms with Crippen LogP contribution in [0, 0.1) is 0 Å². The van der Waals surface area contributed by atoms with E-state index in [-0.39, 0.29) is 6.04 Å². The number of ether oxygens (including phenoxy) is 2. The Morgan fingerprint density at radius 1 is 1.19 bits per heavy atom. The van der Waals surface area contributed by atoms with Crippen molar-refractivity contribution in [1.82, 2.24) is 9.91 Å². The number of hydrazone groups is 1. The number of methoxy groups -OCH3 is 1. The van der Waals surface area contributed by atoms with E-state index in [0.717, 1.165) is 60.9 Å². The Bertz CT molecular complexity index is 838. The van der Waals surface area contributed by atoms with Gasteiger partial charge in [0.15, 0.2) is 11.5 Å². The van der Waals surface area contributed by atoms with Gasteiger partial charge in [-0.15, -0.1) is 0 Å². The van der Waals surface area contributed by atoms with Crippen molar-refractivity contribution < 1.29 is 13.9 Å². The van der Waals surface area contributed by atoms with Crippen molar-refractivity contribution in [2.75, 3.05) is 27.2 Å². The molecular weight excluding hydrogens is 330 g/mol. The Morgan fingerprint density at radius 2 is 2.04 bits per heavy atom. The Morgan fingerprint density at radius 3 is 2.77 bits per heavy atom. The van der Waals surface area contributed by atoms with Crippen LogP contribution in [0.2, 0.25) is 0 Å². The molecule has 136 valence electrons. The smallest absolute Gasteiger partial charge is 0.200 e. The second-order valence-electron chi connectivity index (χ2n) is 7.32. The van der Waals surface area contributed by atoms with Gasteiger partial charge >= 0.3 is 0 Å². The minimum Gasteiger partial charge on any atom is -0.493 e. The lowest BCUT2D eigenvalue weighted by molar-refractivity contribution is -0.148. The number of nitrogens with zero attached hydrogens (tertiary/aromatic N) is 3. The van der Waals surface area contributed by atoms with E-state index in [0.29, 0.717) is 0 Å². The molecule has 1 fully saturated rings. The van der Waals surface area contributed by atoms with Gasteiger partial charge in [-0.3, -0.25) is 0 Å². The molecule has 0 aliphatic carbocycles. The predicted octanol–water partition coefficient (Wildman–Crippen LogP) is 3.25. The SMILES string of the molecule is COc1cccc2c1OC1(CCN(C)CC1)N1N=C(c3ccco3)CC21. The molecule has 3 aliphatic heterocycles. The van der Waals surface area contributed by atoms with Crippen molar-refractivity contribution in [3.63, 3.8) is 0 Å². The summed E-state index contributed by atoms with van der Waals surface area (Å²) in [6.45, 7) is 1.97. The zero-order valence-electron chi connectivity index (χ0n) is 15.1. The third-order valence-electron chi connectivity index (χ3n) is 5.78. The molecule has 0 radical (unpaired) electrons. The van der Waals surface area contributed by atoms with E-state index < -0.39 is 5.72 Å². The first-order valence-corrected chi connectivity index (χ1v) is 9.15. The zero-order chi connectivity index (χ0) is 17.7. The number of rotatable bonds is 2. The Kier molecular flexibility index (Phi) is 3.50. The molecule has 26 heavy (non-hydrogen) atoms. The third-order valence-corrected chi connectivity index (χ3v) is 5.78. The predicted molar refractivity (Wildman–Crippen MR) is 97.5 cm³/mol. The number of furan rings is 1. The molecule has 2 aromatic rings. The van der Waals surface area contributed by atoms with Crippen molar-refractivity contribution in [2.24, 2.45) is 5.10 Å². The van der Waals surface area contributed by atoms with Crippen molar-refractivity contribution >= 4 is 5.71 Å². The molecule has 6 heteroatoms. The number of piperidine rings is 1. The van der Waals surface area contributed by atoms with Gasteiger partial charge in [-0.25, -0.2) is 5.01 Å². The van der Waals surface area contributed by atoms with E-state index in [1.807, 2.05) is 24.3 Å². The molecule has 4 heterocycles. The summed E-state index contributed by atoms with van der Waals surface area (Å²) in [5, 5.41) is 7.17. The summed E-state index contributed by atoms with van der Waals surface area (Å²) >= 11 is 0. The van der Waals surface area contributed by atoms with E-state index in [9.17, 15) is 0 Å². The summed E-state index contributed by atoms with van der Waals surface area (Å²) in [5.41, 5.74) is 1.70. The normalized spacial score (nSPS) is 24.0. The molecule has 6 nitrogen and oxygen atoms in total. The summed E-state index contributed by atoms with van der Waals surface area (Å²) in [5.74, 6) is 2.51. The highest BCUT2D eigenvalue weighted by Crippen LogP contribution is 2.52. The maximum atomic E-state index is 6.65. The Labute approximate surface area is 153 Å². The Hall–Kier alpha value is -2.47. The van der Waals surface area contributed by atoms with Crippen LogP contribution in [0.1, 0.15) is 36.6 Å². The van der Waals surface area contributed by atoms with Gasteiger partial charge in [-0.05, 0) is 25.2 Å². The van der Waals surface area contributed by atoms with Crippen LogP contribution in [-0.4, -0.2) is 48.6 Å². The molecule has 5 rings (SSSR count). The van der Waals surface area contributed by atoms with Crippen LogP contribution in [0.25, 0.3) is 0 Å². The number of likely N-dealkylation sites (tertiary alicyclic amines) is 1. The first-order valence-electron chi connectivity index (χ1n) is 9.15. The second-order valence-corrected chi connectivity index (χ2v) is 7.32. The van der Waals surface area contributed by atoms with Crippen molar-refractivity contribution in [1.29, 1.82) is 0 Å². The molecule has 0 N–H and O–H groups in total. The molecule has 1 saturated heterocycles. The van der Waals surface area contributed by atoms with Crippen LogP contribution >= 0.6 is 0 Å². The summed E-state index contributed by atoms with van der Waals surface area (Å²) < 4.78 is 17.9. The van der Waals surface area contributed by atoms with Gasteiger partial charge in [0.05, 0.1) is 19.4 Å². The zero-order valence-corrected chi connectivity index (χ0v) is 15.1. The highest BCUT2D eigenvalue weighted by Gasteiger charge is 2.52.